The molecule has 3 N–H and O–H groups in total. The fourth-order valence-corrected chi connectivity index (χ4v) is 2.35. The van der Waals surface area contributed by atoms with Gasteiger partial charge in [0.1, 0.15) is 17.3 Å². The number of carboxylic acid groups (broad SMARTS) is 1. The summed E-state index contributed by atoms with van der Waals surface area (Å²) in [6.45, 7) is -0.0863. The maximum atomic E-state index is 13.6. The summed E-state index contributed by atoms with van der Waals surface area (Å²) in [6, 6.07) is 3.16. The van der Waals surface area contributed by atoms with Crippen LogP contribution in [0.1, 0.15) is 22.0 Å². The van der Waals surface area contributed by atoms with E-state index < -0.39 is 35.0 Å². The average Bonchev–Trinajstić information content (AvgIpc) is 2.91. The predicted molar refractivity (Wildman–Crippen MR) is 71.1 cm³/mol. The summed E-state index contributed by atoms with van der Waals surface area (Å²) >= 11 is 1.40. The van der Waals surface area contributed by atoms with Gasteiger partial charge in [0.25, 0.3) is 0 Å². The largest absolute Gasteiger partial charge is 0.478 e. The molecular weight excluding hydrogens is 288 g/mol. The van der Waals surface area contributed by atoms with Crippen LogP contribution in [-0.2, 0) is 0 Å². The van der Waals surface area contributed by atoms with Gasteiger partial charge in [-0.1, -0.05) is 0 Å². The van der Waals surface area contributed by atoms with Gasteiger partial charge in [-0.25, -0.2) is 13.6 Å². The van der Waals surface area contributed by atoms with Crippen LogP contribution in [0.25, 0.3) is 0 Å². The molecule has 2 aromatic rings. The van der Waals surface area contributed by atoms with E-state index in [2.05, 4.69) is 5.32 Å². The molecule has 2 rings (SSSR count). The highest BCUT2D eigenvalue weighted by molar-refractivity contribution is 7.07. The zero-order chi connectivity index (χ0) is 14.7. The van der Waals surface area contributed by atoms with E-state index in [4.69, 9.17) is 5.11 Å². The molecule has 0 saturated heterocycles. The van der Waals surface area contributed by atoms with E-state index in [1.54, 1.807) is 16.8 Å². The summed E-state index contributed by atoms with van der Waals surface area (Å²) in [5.41, 5.74) is -0.279. The van der Waals surface area contributed by atoms with Crippen LogP contribution in [0.3, 0.4) is 0 Å². The van der Waals surface area contributed by atoms with Crippen LogP contribution in [0.15, 0.2) is 29.0 Å². The first-order valence-corrected chi connectivity index (χ1v) is 6.59. The molecule has 0 fully saturated rings. The Labute approximate surface area is 117 Å². The third-order valence-corrected chi connectivity index (χ3v) is 3.39. The standard InChI is InChI=1S/C13H11F2NO3S/c14-9-3-8(13(18)19)4-10(15)12(9)16-5-11(17)7-1-2-20-6-7/h1-4,6,11,16-17H,5H2,(H,18,19). The highest BCUT2D eigenvalue weighted by Crippen LogP contribution is 2.23. The molecule has 0 aliphatic heterocycles. The van der Waals surface area contributed by atoms with E-state index in [-0.39, 0.29) is 6.54 Å². The first kappa shape index (κ1) is 14.4. The Morgan fingerprint density at radius 1 is 1.35 bits per heavy atom. The van der Waals surface area contributed by atoms with E-state index >= 15 is 0 Å². The van der Waals surface area contributed by atoms with E-state index in [9.17, 15) is 18.7 Å². The first-order chi connectivity index (χ1) is 9.49. The Hall–Kier alpha value is -1.99. The lowest BCUT2D eigenvalue weighted by Gasteiger charge is -2.13. The molecule has 0 aliphatic carbocycles. The average molecular weight is 299 g/mol. The van der Waals surface area contributed by atoms with Gasteiger partial charge >= 0.3 is 5.97 Å². The lowest BCUT2D eigenvalue weighted by Crippen LogP contribution is -2.14. The topological polar surface area (TPSA) is 69.6 Å². The SMILES string of the molecule is O=C(O)c1cc(F)c(NCC(O)c2ccsc2)c(F)c1. The monoisotopic (exact) mass is 299 g/mol. The predicted octanol–water partition coefficient (Wildman–Crippen LogP) is 2.87. The summed E-state index contributed by atoms with van der Waals surface area (Å²) in [5, 5.41) is 24.4. The number of carboxylic acids is 1. The van der Waals surface area contributed by atoms with Crippen molar-refractivity contribution in [3.05, 3.63) is 51.7 Å². The number of halogens is 2. The van der Waals surface area contributed by atoms with Gasteiger partial charge in [0, 0.05) is 6.54 Å². The zero-order valence-electron chi connectivity index (χ0n) is 10.1. The molecular formula is C13H11F2NO3S. The number of nitrogens with one attached hydrogen (secondary N) is 1. The van der Waals surface area contributed by atoms with Crippen molar-refractivity contribution < 1.29 is 23.8 Å². The molecule has 1 unspecified atom stereocenters. The van der Waals surface area contributed by atoms with Gasteiger partial charge < -0.3 is 15.5 Å². The molecule has 1 heterocycles. The van der Waals surface area contributed by atoms with Crippen molar-refractivity contribution in [3.8, 4) is 0 Å². The Bertz CT molecular complexity index is 593. The van der Waals surface area contributed by atoms with Gasteiger partial charge in [-0.05, 0) is 34.5 Å². The molecule has 4 nitrogen and oxygen atoms in total. The number of carbonyl (C=O) groups is 1. The van der Waals surface area contributed by atoms with E-state index in [0.29, 0.717) is 5.56 Å². The molecule has 106 valence electrons. The quantitative estimate of drug-likeness (QED) is 0.794. The van der Waals surface area contributed by atoms with Crippen molar-refractivity contribution in [2.75, 3.05) is 11.9 Å². The number of aliphatic hydroxyl groups is 1. The third-order valence-electron chi connectivity index (χ3n) is 2.69. The van der Waals surface area contributed by atoms with Crippen molar-refractivity contribution in [2.24, 2.45) is 0 Å². The van der Waals surface area contributed by atoms with Crippen molar-refractivity contribution in [3.63, 3.8) is 0 Å². The van der Waals surface area contributed by atoms with Crippen LogP contribution >= 0.6 is 11.3 Å². The molecule has 0 saturated carbocycles. The van der Waals surface area contributed by atoms with Crippen LogP contribution in [0, 0.1) is 11.6 Å². The highest BCUT2D eigenvalue weighted by Gasteiger charge is 2.16. The summed E-state index contributed by atoms with van der Waals surface area (Å²) < 4.78 is 27.2. The van der Waals surface area contributed by atoms with E-state index in [0.717, 1.165) is 12.1 Å². The summed E-state index contributed by atoms with van der Waals surface area (Å²) in [6.07, 6.45) is -0.904. The number of benzene rings is 1. The zero-order valence-corrected chi connectivity index (χ0v) is 11.0. The Morgan fingerprint density at radius 3 is 2.50 bits per heavy atom. The second-order valence-corrected chi connectivity index (χ2v) is 4.85. The van der Waals surface area contributed by atoms with Crippen LogP contribution < -0.4 is 5.32 Å². The number of hydrogen-bond acceptors (Lipinski definition) is 4. The molecule has 0 spiro atoms. The molecule has 7 heteroatoms. The highest BCUT2D eigenvalue weighted by atomic mass is 32.1. The van der Waals surface area contributed by atoms with Crippen molar-refractivity contribution in [1.29, 1.82) is 0 Å². The molecule has 0 amide bonds. The molecule has 0 radical (unpaired) electrons. The molecule has 0 bridgehead atoms. The van der Waals surface area contributed by atoms with Gasteiger partial charge in [-0.3, -0.25) is 0 Å². The van der Waals surface area contributed by atoms with Crippen molar-refractivity contribution in [2.45, 2.75) is 6.10 Å². The van der Waals surface area contributed by atoms with Crippen molar-refractivity contribution >= 4 is 23.0 Å². The van der Waals surface area contributed by atoms with Crippen LogP contribution in [0.4, 0.5) is 14.5 Å². The fraction of sp³-hybridized carbons (Fsp3) is 0.154. The minimum Gasteiger partial charge on any atom is -0.478 e. The number of aromatic carboxylic acids is 1. The Kier molecular flexibility index (Phi) is 4.31. The van der Waals surface area contributed by atoms with E-state index in [1.165, 1.54) is 11.3 Å². The van der Waals surface area contributed by atoms with Crippen LogP contribution in [0.5, 0.6) is 0 Å². The Morgan fingerprint density at radius 2 is 2.00 bits per heavy atom. The second kappa shape index (κ2) is 5.98. The van der Waals surface area contributed by atoms with Gasteiger partial charge in [-0.15, -0.1) is 0 Å². The first-order valence-electron chi connectivity index (χ1n) is 5.65. The molecule has 1 aromatic carbocycles. The minimum absolute atomic E-state index is 0.0863. The minimum atomic E-state index is -1.41. The maximum Gasteiger partial charge on any atom is 0.335 e. The third kappa shape index (κ3) is 3.12. The normalized spacial score (nSPS) is 12.2. The summed E-state index contributed by atoms with van der Waals surface area (Å²) in [4.78, 5) is 10.6. The number of rotatable bonds is 5. The lowest BCUT2D eigenvalue weighted by atomic mass is 10.1. The number of thiophene rings is 1. The van der Waals surface area contributed by atoms with Crippen LogP contribution in [0.2, 0.25) is 0 Å². The second-order valence-electron chi connectivity index (χ2n) is 4.07. The van der Waals surface area contributed by atoms with Gasteiger partial charge in [0.05, 0.1) is 11.7 Å². The van der Waals surface area contributed by atoms with Gasteiger partial charge in [-0.2, -0.15) is 11.3 Å². The lowest BCUT2D eigenvalue weighted by molar-refractivity contribution is 0.0695. The smallest absolute Gasteiger partial charge is 0.335 e. The van der Waals surface area contributed by atoms with Crippen LogP contribution in [-0.4, -0.2) is 22.7 Å². The molecule has 20 heavy (non-hydrogen) atoms. The number of hydrogen-bond donors (Lipinski definition) is 3. The number of anilines is 1. The molecule has 1 aromatic heterocycles. The summed E-state index contributed by atoms with van der Waals surface area (Å²) in [7, 11) is 0. The molecule has 0 aliphatic rings. The molecule has 1 atom stereocenters. The van der Waals surface area contributed by atoms with E-state index in [1.807, 2.05) is 0 Å². The number of aliphatic hydroxyl groups excluding tert-OH is 1. The van der Waals surface area contributed by atoms with Gasteiger partial charge in [0.2, 0.25) is 0 Å². The fourth-order valence-electron chi connectivity index (χ4n) is 1.65. The maximum absolute atomic E-state index is 13.6. The summed E-state index contributed by atoms with van der Waals surface area (Å²) in [5.74, 6) is -3.44. The Balaban J connectivity index is 2.12. The van der Waals surface area contributed by atoms with Crippen molar-refractivity contribution in [1.82, 2.24) is 0 Å². The van der Waals surface area contributed by atoms with Gasteiger partial charge in [0.15, 0.2) is 0 Å².